The number of aliphatic hydroxyl groups is 1. The summed E-state index contributed by atoms with van der Waals surface area (Å²) in [5, 5.41) is 22.9. The van der Waals surface area contributed by atoms with Crippen molar-refractivity contribution in [1.82, 2.24) is 40.9 Å². The van der Waals surface area contributed by atoms with Gasteiger partial charge in [-0.1, -0.05) is 73.9 Å². The molecule has 12 atom stereocenters. The molecule has 22 heteroatoms. The van der Waals surface area contributed by atoms with Crippen LogP contribution in [0.3, 0.4) is 0 Å². The van der Waals surface area contributed by atoms with Crippen LogP contribution in [-0.2, 0) is 63.9 Å². The van der Waals surface area contributed by atoms with E-state index in [9.17, 15) is 53.1 Å². The number of Topliss-reactive ketones (excluding diaryl/α,β-unsaturated/α-hetero) is 2. The molecule has 1 aromatic rings. The van der Waals surface area contributed by atoms with Crippen molar-refractivity contribution in [3.63, 3.8) is 0 Å². The lowest BCUT2D eigenvalue weighted by atomic mass is 9.89. The van der Waals surface area contributed by atoms with Gasteiger partial charge in [0.15, 0.2) is 5.78 Å². The minimum atomic E-state index is -1.76. The third-order valence-electron chi connectivity index (χ3n) is 15.6. The number of aliphatic hydroxyl groups excluding tert-OH is 1. The van der Waals surface area contributed by atoms with Gasteiger partial charge in [-0.15, -0.1) is 0 Å². The van der Waals surface area contributed by atoms with Crippen molar-refractivity contribution in [1.29, 1.82) is 0 Å². The molecule has 0 radical (unpaired) electrons. The average molecular weight is 1110 g/mol. The number of benzene rings is 1. The Morgan fingerprint density at radius 3 is 2.06 bits per heavy atom. The fourth-order valence-electron chi connectivity index (χ4n) is 10.6. The van der Waals surface area contributed by atoms with Crippen LogP contribution in [0.15, 0.2) is 24.3 Å². The number of ether oxygens (including phenoxy) is 2. The summed E-state index contributed by atoms with van der Waals surface area (Å²) in [5.41, 5.74) is 0.571. The zero-order valence-corrected chi connectivity index (χ0v) is 48.8. The van der Waals surface area contributed by atoms with Gasteiger partial charge in [-0.05, 0) is 93.7 Å². The smallest absolute Gasteiger partial charge is 0.329 e. The third kappa shape index (κ3) is 16.8. The summed E-state index contributed by atoms with van der Waals surface area (Å²) in [6, 6.07) is -3.41. The van der Waals surface area contributed by atoms with Crippen LogP contribution in [0.2, 0.25) is 0 Å². The van der Waals surface area contributed by atoms with Crippen molar-refractivity contribution < 1.29 is 67.3 Å². The Balaban J connectivity index is 1.89. The standard InChI is InChI=1S/C57H88N8O14/c1-15-33(8)47-44(67)29-45(68)59-46(32(6)7)49(69)34(9)50(70)58-39(26-30(2)3)54(74)65-25-17-19-41(65)56(76)63(13)43(28-37-20-22-38(78-14)23-21-37)57(77)79-36(11)48(52(72)60-47)61-51(71)42(27-31(4)5)62(12)55(75)40-18-16-24-64(40)53(73)35(10)66/h20-23,30-34,36,39-44,46-48,67H,15-19,24-29H2,1-14H3,(H,58,70)(H,59,68)(H,60,72)(H,61,71)/t33-,34-,36+,39-,40?,41-,42+,43-,44-,46-,47+,48+/m0/s1. The van der Waals surface area contributed by atoms with Crippen molar-refractivity contribution in [2.45, 2.75) is 194 Å². The summed E-state index contributed by atoms with van der Waals surface area (Å²) in [6.45, 7) is 18.4. The lowest BCUT2D eigenvalue weighted by Crippen LogP contribution is -2.62. The number of rotatable bonds is 15. The fourth-order valence-corrected chi connectivity index (χ4v) is 10.6. The minimum absolute atomic E-state index is 0.0614. The van der Waals surface area contributed by atoms with E-state index in [-0.39, 0.29) is 57.0 Å². The topological polar surface area (TPSA) is 288 Å². The van der Waals surface area contributed by atoms with Crippen LogP contribution in [0.25, 0.3) is 0 Å². The second-order valence-electron chi connectivity index (χ2n) is 22.9. The molecule has 3 fully saturated rings. The maximum Gasteiger partial charge on any atom is 0.329 e. The van der Waals surface area contributed by atoms with Crippen molar-refractivity contribution in [3.05, 3.63) is 29.8 Å². The number of likely N-dealkylation sites (N-methyl/N-ethyl adjacent to an activating group) is 2. The summed E-state index contributed by atoms with van der Waals surface area (Å²) in [5.74, 6) is -10.6. The van der Waals surface area contributed by atoms with Crippen molar-refractivity contribution in [3.8, 4) is 5.75 Å². The second kappa shape index (κ2) is 29.1. The number of esters is 1. The molecule has 79 heavy (non-hydrogen) atoms. The quantitative estimate of drug-likeness (QED) is 0.0956. The number of hydrogen-bond donors (Lipinski definition) is 5. The molecule has 8 amide bonds. The molecule has 0 aliphatic carbocycles. The molecule has 22 nitrogen and oxygen atoms in total. The van der Waals surface area contributed by atoms with Gasteiger partial charge in [-0.2, -0.15) is 0 Å². The maximum absolute atomic E-state index is 15.0. The molecule has 5 N–H and O–H groups in total. The number of carbonyl (C=O) groups excluding carboxylic acids is 11. The van der Waals surface area contributed by atoms with Gasteiger partial charge in [-0.25, -0.2) is 4.79 Å². The average Bonchev–Trinajstić information content (AvgIpc) is 4.13. The van der Waals surface area contributed by atoms with Crippen LogP contribution in [0, 0.1) is 29.6 Å². The summed E-state index contributed by atoms with van der Waals surface area (Å²) >= 11 is 0. The second-order valence-corrected chi connectivity index (χ2v) is 22.9. The van der Waals surface area contributed by atoms with Crippen LogP contribution in [-0.4, -0.2) is 184 Å². The maximum atomic E-state index is 15.0. The number of ketones is 2. The van der Waals surface area contributed by atoms with E-state index >= 15 is 4.79 Å². The molecule has 0 aromatic heterocycles. The Bertz CT molecular complexity index is 2380. The first kappa shape index (κ1) is 65.1. The Morgan fingerprint density at radius 2 is 1.49 bits per heavy atom. The van der Waals surface area contributed by atoms with E-state index in [1.54, 1.807) is 52.0 Å². The highest BCUT2D eigenvalue weighted by atomic mass is 16.5. The SMILES string of the molecule is CC[C@H](C)[C@H]1NC(=O)[C@H](NC(=O)[C@@H](CC(C)C)N(C)C(=O)C2CCCN2C(=O)C(C)=O)[C@@H](C)OC(=O)[C@H](Cc2ccc(OC)cc2)N(C)C(=O)[C@@H]2CCCN2C(=O)[C@H](CC(C)C)NC(=O)[C@@H](C)C(=O)[C@H](C(C)C)NC(=O)C[C@@H]1O. The molecule has 3 aliphatic heterocycles. The predicted octanol–water partition coefficient (Wildman–Crippen LogP) is 2.10. The number of nitrogens with zero attached hydrogens (tertiary/aromatic N) is 4. The van der Waals surface area contributed by atoms with Gasteiger partial charge in [0.05, 0.1) is 37.6 Å². The Labute approximate surface area is 465 Å². The highest BCUT2D eigenvalue weighted by Crippen LogP contribution is 2.27. The number of cyclic esters (lactones) is 1. The minimum Gasteiger partial charge on any atom is -0.497 e. The summed E-state index contributed by atoms with van der Waals surface area (Å²) < 4.78 is 11.5. The van der Waals surface area contributed by atoms with E-state index in [1.165, 1.54) is 54.7 Å². The molecule has 1 unspecified atom stereocenters. The van der Waals surface area contributed by atoms with Crippen LogP contribution in [0.1, 0.15) is 133 Å². The lowest BCUT2D eigenvalue weighted by Gasteiger charge is -2.36. The lowest BCUT2D eigenvalue weighted by molar-refractivity contribution is -0.162. The first-order chi connectivity index (χ1) is 37.0. The zero-order chi connectivity index (χ0) is 59.3. The van der Waals surface area contributed by atoms with Crippen LogP contribution >= 0.6 is 0 Å². The predicted molar refractivity (Wildman–Crippen MR) is 291 cm³/mol. The molecule has 0 saturated carbocycles. The van der Waals surface area contributed by atoms with E-state index < -0.39 is 150 Å². The van der Waals surface area contributed by atoms with E-state index in [0.717, 1.165) is 6.92 Å². The molecule has 3 aliphatic rings. The Kier molecular flexibility index (Phi) is 24.0. The van der Waals surface area contributed by atoms with Gasteiger partial charge >= 0.3 is 5.97 Å². The Morgan fingerprint density at radius 1 is 0.861 bits per heavy atom. The number of methoxy groups -OCH3 is 1. The molecule has 3 heterocycles. The molecular formula is C57H88N8O14. The summed E-state index contributed by atoms with van der Waals surface area (Å²) in [7, 11) is 4.28. The van der Waals surface area contributed by atoms with Gasteiger partial charge in [0.25, 0.3) is 5.91 Å². The van der Waals surface area contributed by atoms with E-state index in [1.807, 2.05) is 27.7 Å². The zero-order valence-electron chi connectivity index (χ0n) is 48.8. The number of amides is 8. The number of fused-ring (bicyclic) bond motifs is 1. The van der Waals surface area contributed by atoms with Gasteiger partial charge in [0.2, 0.25) is 47.1 Å². The number of carbonyl (C=O) groups is 11. The van der Waals surface area contributed by atoms with Gasteiger partial charge < -0.3 is 55.4 Å². The van der Waals surface area contributed by atoms with Crippen molar-refractivity contribution >= 4 is 64.8 Å². The van der Waals surface area contributed by atoms with Crippen molar-refractivity contribution in [2.75, 3.05) is 34.3 Å². The first-order valence-corrected chi connectivity index (χ1v) is 28.0. The summed E-state index contributed by atoms with van der Waals surface area (Å²) in [4.78, 5) is 161. The van der Waals surface area contributed by atoms with E-state index in [4.69, 9.17) is 9.47 Å². The van der Waals surface area contributed by atoms with Gasteiger partial charge in [-0.3, -0.25) is 47.9 Å². The largest absolute Gasteiger partial charge is 0.497 e. The van der Waals surface area contributed by atoms with Crippen LogP contribution in [0.4, 0.5) is 0 Å². The molecule has 3 saturated heterocycles. The molecule has 440 valence electrons. The number of nitrogens with one attached hydrogen (secondary N) is 4. The van der Waals surface area contributed by atoms with Gasteiger partial charge in [0.1, 0.15) is 48.1 Å². The highest BCUT2D eigenvalue weighted by Gasteiger charge is 2.46. The van der Waals surface area contributed by atoms with Crippen molar-refractivity contribution in [2.24, 2.45) is 29.6 Å². The molecular weight excluding hydrogens is 1020 g/mol. The number of hydrogen-bond acceptors (Lipinski definition) is 14. The monoisotopic (exact) mass is 1110 g/mol. The van der Waals surface area contributed by atoms with Crippen LogP contribution in [0.5, 0.6) is 5.75 Å². The molecule has 0 bridgehead atoms. The van der Waals surface area contributed by atoms with E-state index in [2.05, 4.69) is 21.3 Å². The highest BCUT2D eigenvalue weighted by molar-refractivity contribution is 6.35. The fraction of sp³-hybridized carbons (Fsp3) is 0.702. The Hall–Kier alpha value is -6.45. The van der Waals surface area contributed by atoms with Crippen LogP contribution < -0.4 is 26.0 Å². The molecule has 1 aromatic carbocycles. The number of likely N-dealkylation sites (tertiary alicyclic amines) is 1. The van der Waals surface area contributed by atoms with E-state index in [0.29, 0.717) is 30.6 Å². The van der Waals surface area contributed by atoms with Gasteiger partial charge in [0, 0.05) is 40.5 Å². The third-order valence-corrected chi connectivity index (χ3v) is 15.6. The summed E-state index contributed by atoms with van der Waals surface area (Å²) in [6.07, 6.45) is -2.03. The molecule has 0 spiro atoms. The normalized spacial score (nSPS) is 27.2. The first-order valence-electron chi connectivity index (χ1n) is 28.0. The molecule has 4 rings (SSSR count).